The lowest BCUT2D eigenvalue weighted by atomic mass is 10.2. The summed E-state index contributed by atoms with van der Waals surface area (Å²) in [7, 11) is 0. The molecule has 0 aliphatic heterocycles. The fourth-order valence-corrected chi connectivity index (χ4v) is 1.73. The van der Waals surface area contributed by atoms with Crippen molar-refractivity contribution in [3.05, 3.63) is 29.6 Å². The number of nitrogens with zero attached hydrogens (tertiary/aromatic N) is 6. The maximum absolute atomic E-state index is 8.71. The van der Waals surface area contributed by atoms with E-state index in [-0.39, 0.29) is 11.7 Å². The molecule has 8 nitrogen and oxygen atoms in total. The van der Waals surface area contributed by atoms with E-state index in [0.717, 1.165) is 24.2 Å². The lowest BCUT2D eigenvalue weighted by Gasteiger charge is -2.07. The Kier molecular flexibility index (Phi) is 3.69. The van der Waals surface area contributed by atoms with Gasteiger partial charge in [-0.15, -0.1) is 10.2 Å². The Balaban J connectivity index is 2.51. The van der Waals surface area contributed by atoms with Crippen molar-refractivity contribution in [3.8, 4) is 5.95 Å². The predicted molar refractivity (Wildman–Crippen MR) is 68.2 cm³/mol. The van der Waals surface area contributed by atoms with E-state index >= 15 is 0 Å². The zero-order valence-corrected chi connectivity index (χ0v) is 10.8. The number of hydrogen-bond acceptors (Lipinski definition) is 6. The van der Waals surface area contributed by atoms with Gasteiger partial charge in [-0.1, -0.05) is 19.0 Å². The monoisotopic (exact) mass is 261 g/mol. The van der Waals surface area contributed by atoms with Crippen molar-refractivity contribution in [2.24, 2.45) is 10.9 Å². The average molecular weight is 261 g/mol. The van der Waals surface area contributed by atoms with E-state index in [4.69, 9.17) is 10.9 Å². The van der Waals surface area contributed by atoms with Gasteiger partial charge in [-0.2, -0.15) is 0 Å². The summed E-state index contributed by atoms with van der Waals surface area (Å²) in [4.78, 5) is 8.44. The van der Waals surface area contributed by atoms with E-state index in [1.807, 2.05) is 13.8 Å². The van der Waals surface area contributed by atoms with E-state index in [1.165, 1.54) is 10.8 Å². The van der Waals surface area contributed by atoms with Gasteiger partial charge < -0.3 is 10.9 Å². The Morgan fingerprint density at radius 3 is 2.68 bits per heavy atom. The maximum atomic E-state index is 8.71. The SMILES string of the molecule is CCc1nnc(-n2ccnc2/C(N)=N/O)nc1CC. The third-order valence-electron chi connectivity index (χ3n) is 2.69. The van der Waals surface area contributed by atoms with Crippen molar-refractivity contribution in [3.63, 3.8) is 0 Å². The van der Waals surface area contributed by atoms with Gasteiger partial charge in [0.15, 0.2) is 5.82 Å². The van der Waals surface area contributed by atoms with E-state index in [2.05, 4.69) is 25.3 Å². The second kappa shape index (κ2) is 5.42. The summed E-state index contributed by atoms with van der Waals surface area (Å²) in [6, 6.07) is 0. The molecular formula is C11H15N7O. The number of oxime groups is 1. The van der Waals surface area contributed by atoms with Crippen LogP contribution in [0.15, 0.2) is 17.5 Å². The quantitative estimate of drug-likeness (QED) is 0.353. The van der Waals surface area contributed by atoms with E-state index in [9.17, 15) is 0 Å². The van der Waals surface area contributed by atoms with Crippen molar-refractivity contribution < 1.29 is 5.21 Å². The molecule has 2 aromatic rings. The Hall–Kier alpha value is -2.51. The van der Waals surface area contributed by atoms with Gasteiger partial charge in [0.2, 0.25) is 5.84 Å². The standard InChI is InChI=1S/C11H15N7O/c1-3-7-8(4-2)15-16-11(14-7)18-6-5-13-10(18)9(12)17-19/h5-6,19H,3-4H2,1-2H3,(H2,12,17). The first kappa shape index (κ1) is 12.9. The number of imidazole rings is 1. The van der Waals surface area contributed by atoms with Crippen molar-refractivity contribution in [2.75, 3.05) is 0 Å². The highest BCUT2D eigenvalue weighted by molar-refractivity contribution is 5.94. The third kappa shape index (κ3) is 2.37. The first-order chi connectivity index (χ1) is 9.21. The second-order valence-corrected chi connectivity index (χ2v) is 3.82. The highest BCUT2D eigenvalue weighted by Gasteiger charge is 2.13. The molecular weight excluding hydrogens is 246 g/mol. The Morgan fingerprint density at radius 2 is 2.05 bits per heavy atom. The van der Waals surface area contributed by atoms with Crippen LogP contribution in [0.2, 0.25) is 0 Å². The van der Waals surface area contributed by atoms with Gasteiger partial charge in [-0.05, 0) is 12.8 Å². The summed E-state index contributed by atoms with van der Waals surface area (Å²) in [5.74, 6) is 0.523. The number of aromatic nitrogens is 5. The molecule has 0 saturated carbocycles. The summed E-state index contributed by atoms with van der Waals surface area (Å²) in [5, 5.41) is 19.8. The van der Waals surface area contributed by atoms with Crippen LogP contribution in [0.1, 0.15) is 31.1 Å². The predicted octanol–water partition coefficient (Wildman–Crippen LogP) is 0.277. The van der Waals surface area contributed by atoms with Crippen LogP contribution in [0.3, 0.4) is 0 Å². The van der Waals surface area contributed by atoms with Gasteiger partial charge in [0.1, 0.15) is 0 Å². The number of rotatable bonds is 4. The molecule has 0 saturated heterocycles. The first-order valence-corrected chi connectivity index (χ1v) is 5.95. The molecule has 0 bridgehead atoms. The second-order valence-electron chi connectivity index (χ2n) is 3.82. The first-order valence-electron chi connectivity index (χ1n) is 5.95. The molecule has 2 aromatic heterocycles. The largest absolute Gasteiger partial charge is 0.409 e. The Bertz CT molecular complexity index is 605. The van der Waals surface area contributed by atoms with Crippen LogP contribution in [-0.4, -0.2) is 35.8 Å². The molecule has 0 aliphatic carbocycles. The molecule has 19 heavy (non-hydrogen) atoms. The highest BCUT2D eigenvalue weighted by Crippen LogP contribution is 2.09. The van der Waals surface area contributed by atoms with Crippen molar-refractivity contribution in [1.82, 2.24) is 24.7 Å². The summed E-state index contributed by atoms with van der Waals surface area (Å²) in [5.41, 5.74) is 7.30. The van der Waals surface area contributed by atoms with Crippen LogP contribution < -0.4 is 5.73 Å². The molecule has 0 amide bonds. The molecule has 0 unspecified atom stereocenters. The van der Waals surface area contributed by atoms with Gasteiger partial charge in [0.25, 0.3) is 5.95 Å². The van der Waals surface area contributed by atoms with Gasteiger partial charge in [-0.3, -0.25) is 4.57 Å². The number of hydrogen-bond donors (Lipinski definition) is 2. The van der Waals surface area contributed by atoms with Crippen molar-refractivity contribution >= 4 is 5.84 Å². The molecule has 3 N–H and O–H groups in total. The van der Waals surface area contributed by atoms with Crippen LogP contribution in [0.5, 0.6) is 0 Å². The van der Waals surface area contributed by atoms with Crippen molar-refractivity contribution in [2.45, 2.75) is 26.7 Å². The van der Waals surface area contributed by atoms with Crippen LogP contribution in [0.25, 0.3) is 5.95 Å². The Morgan fingerprint density at radius 1 is 1.32 bits per heavy atom. The van der Waals surface area contributed by atoms with Gasteiger partial charge >= 0.3 is 0 Å². The zero-order chi connectivity index (χ0) is 13.8. The van der Waals surface area contributed by atoms with Crippen molar-refractivity contribution in [1.29, 1.82) is 0 Å². The molecule has 100 valence electrons. The summed E-state index contributed by atoms with van der Waals surface area (Å²) >= 11 is 0. The van der Waals surface area contributed by atoms with E-state index in [1.54, 1.807) is 6.20 Å². The minimum Gasteiger partial charge on any atom is -0.409 e. The fraction of sp³-hybridized carbons (Fsp3) is 0.364. The lowest BCUT2D eigenvalue weighted by molar-refractivity contribution is 0.318. The number of amidine groups is 1. The topological polar surface area (TPSA) is 115 Å². The summed E-state index contributed by atoms with van der Waals surface area (Å²) in [6.07, 6.45) is 4.70. The normalized spacial score (nSPS) is 11.8. The molecule has 0 spiro atoms. The molecule has 8 heteroatoms. The summed E-state index contributed by atoms with van der Waals surface area (Å²) in [6.45, 7) is 4.01. The average Bonchev–Trinajstić information content (AvgIpc) is 2.95. The highest BCUT2D eigenvalue weighted by atomic mass is 16.4. The summed E-state index contributed by atoms with van der Waals surface area (Å²) < 4.78 is 1.53. The third-order valence-corrected chi connectivity index (χ3v) is 2.69. The zero-order valence-electron chi connectivity index (χ0n) is 10.8. The molecule has 2 rings (SSSR count). The lowest BCUT2D eigenvalue weighted by Crippen LogP contribution is -2.20. The molecule has 0 atom stereocenters. The maximum Gasteiger partial charge on any atom is 0.255 e. The number of aryl methyl sites for hydroxylation is 2. The van der Waals surface area contributed by atoms with Gasteiger partial charge in [0, 0.05) is 12.4 Å². The molecule has 0 radical (unpaired) electrons. The van der Waals surface area contributed by atoms with Crippen LogP contribution in [0, 0.1) is 0 Å². The number of nitrogens with two attached hydrogens (primary N) is 1. The Labute approximate surface area is 110 Å². The fourth-order valence-electron chi connectivity index (χ4n) is 1.73. The van der Waals surface area contributed by atoms with Gasteiger partial charge in [0.05, 0.1) is 11.4 Å². The van der Waals surface area contributed by atoms with Crippen LogP contribution >= 0.6 is 0 Å². The van der Waals surface area contributed by atoms with Gasteiger partial charge in [-0.25, -0.2) is 9.97 Å². The molecule has 0 fully saturated rings. The minimum absolute atomic E-state index is 0.105. The van der Waals surface area contributed by atoms with E-state index in [0.29, 0.717) is 5.95 Å². The molecule has 2 heterocycles. The van der Waals surface area contributed by atoms with Crippen LogP contribution in [-0.2, 0) is 12.8 Å². The minimum atomic E-state index is -0.105. The molecule has 0 aromatic carbocycles. The molecule has 0 aliphatic rings. The smallest absolute Gasteiger partial charge is 0.255 e. The van der Waals surface area contributed by atoms with E-state index < -0.39 is 0 Å². The van der Waals surface area contributed by atoms with Crippen LogP contribution in [0.4, 0.5) is 0 Å².